The third-order valence-corrected chi connectivity index (χ3v) is 4.72. The first-order valence-corrected chi connectivity index (χ1v) is 8.45. The van der Waals surface area contributed by atoms with Gasteiger partial charge >= 0.3 is 6.18 Å². The van der Waals surface area contributed by atoms with Gasteiger partial charge in [0.1, 0.15) is 6.54 Å². The topological polar surface area (TPSA) is 37.3 Å². The predicted octanol–water partition coefficient (Wildman–Crippen LogP) is 3.30. The number of hydrogen-bond acceptors (Lipinski definition) is 2. The summed E-state index contributed by atoms with van der Waals surface area (Å²) in [7, 11) is 0. The minimum absolute atomic E-state index is 0.118. The Hall–Kier alpha value is -2.02. The minimum Gasteiger partial charge on any atom is -0.343 e. The lowest BCUT2D eigenvalue weighted by Crippen LogP contribution is -2.43. The molecule has 1 N–H and O–H groups in total. The predicted molar refractivity (Wildman–Crippen MR) is 90.1 cm³/mol. The molecule has 0 aliphatic carbocycles. The van der Waals surface area contributed by atoms with Crippen LogP contribution >= 0.6 is 0 Å². The van der Waals surface area contributed by atoms with E-state index < -0.39 is 12.7 Å². The summed E-state index contributed by atoms with van der Waals surface area (Å²) in [6.45, 7) is 2.83. The summed E-state index contributed by atoms with van der Waals surface area (Å²) in [6.07, 6.45) is -0.901. The number of rotatable bonds is 4. The first-order valence-electron chi connectivity index (χ1n) is 8.45. The van der Waals surface area contributed by atoms with E-state index in [0.717, 1.165) is 36.9 Å². The van der Waals surface area contributed by atoms with Gasteiger partial charge in [0, 0.05) is 44.3 Å². The van der Waals surface area contributed by atoms with E-state index in [2.05, 4.69) is 5.32 Å². The number of carbonyl (C=O) groups excluding carboxylic acids is 1. The second-order valence-corrected chi connectivity index (χ2v) is 6.61. The Labute approximate surface area is 144 Å². The van der Waals surface area contributed by atoms with Crippen LogP contribution in [-0.2, 0) is 17.9 Å². The minimum atomic E-state index is -4.22. The summed E-state index contributed by atoms with van der Waals surface area (Å²) in [6, 6.07) is 7.63. The Kier molecular flexibility index (Phi) is 5.03. The van der Waals surface area contributed by atoms with Crippen LogP contribution in [-0.4, -0.2) is 40.7 Å². The Bertz CT molecular complexity index is 746. The maximum atomic E-state index is 12.6. The van der Waals surface area contributed by atoms with E-state index in [1.165, 1.54) is 10.8 Å². The van der Waals surface area contributed by atoms with Crippen molar-refractivity contribution in [1.29, 1.82) is 0 Å². The van der Waals surface area contributed by atoms with Crippen molar-refractivity contribution in [2.24, 2.45) is 0 Å². The maximum absolute atomic E-state index is 12.6. The molecule has 1 amide bonds. The molecule has 7 heteroatoms. The van der Waals surface area contributed by atoms with Crippen LogP contribution in [0.5, 0.6) is 0 Å². The van der Waals surface area contributed by atoms with Gasteiger partial charge in [-0.2, -0.15) is 13.2 Å². The molecule has 1 aromatic heterocycles. The molecule has 4 nitrogen and oxygen atoms in total. The van der Waals surface area contributed by atoms with Gasteiger partial charge in [-0.3, -0.25) is 4.79 Å². The fourth-order valence-corrected chi connectivity index (χ4v) is 3.35. The van der Waals surface area contributed by atoms with Crippen LogP contribution in [0.4, 0.5) is 13.2 Å². The van der Waals surface area contributed by atoms with E-state index in [4.69, 9.17) is 0 Å². The highest BCUT2D eigenvalue weighted by Crippen LogP contribution is 2.23. The number of piperidine rings is 1. The third kappa shape index (κ3) is 4.54. The molecule has 1 saturated heterocycles. The van der Waals surface area contributed by atoms with Gasteiger partial charge in [-0.05, 0) is 42.0 Å². The van der Waals surface area contributed by atoms with Gasteiger partial charge < -0.3 is 14.8 Å². The maximum Gasteiger partial charge on any atom is 0.406 e. The van der Waals surface area contributed by atoms with Crippen LogP contribution in [0.2, 0.25) is 0 Å². The number of nitrogens with zero attached hydrogens (tertiary/aromatic N) is 2. The summed E-state index contributed by atoms with van der Waals surface area (Å²) >= 11 is 0. The summed E-state index contributed by atoms with van der Waals surface area (Å²) in [5.41, 5.74) is 1.64. The van der Waals surface area contributed by atoms with E-state index in [1.807, 2.05) is 17.0 Å². The molecule has 0 atom stereocenters. The Morgan fingerprint density at radius 1 is 1.24 bits per heavy atom. The molecule has 2 heterocycles. The van der Waals surface area contributed by atoms with Gasteiger partial charge in [0.05, 0.1) is 0 Å². The zero-order valence-electron chi connectivity index (χ0n) is 14.1. The third-order valence-electron chi connectivity index (χ3n) is 4.72. The standard InChI is InChI=1S/C18H22F3N3O/c1-13(25)23-8-5-16(6-9-23)22-11-14-2-3-17-15(10-14)4-7-24(17)12-18(19,20)21/h2-4,7,10,16,22H,5-6,8-9,11-12H2,1H3. The number of carbonyl (C=O) groups is 1. The van der Waals surface area contributed by atoms with Gasteiger partial charge in [0.2, 0.25) is 5.91 Å². The summed E-state index contributed by atoms with van der Waals surface area (Å²) in [5, 5.41) is 4.30. The molecule has 0 spiro atoms. The summed E-state index contributed by atoms with van der Waals surface area (Å²) < 4.78 is 39.0. The molecule has 0 bridgehead atoms. The second kappa shape index (κ2) is 7.07. The lowest BCUT2D eigenvalue weighted by Gasteiger charge is -2.31. The van der Waals surface area contributed by atoms with Crippen LogP contribution in [0.15, 0.2) is 30.5 Å². The first-order chi connectivity index (χ1) is 11.8. The van der Waals surface area contributed by atoms with Gasteiger partial charge in [-0.25, -0.2) is 0 Å². The fraction of sp³-hybridized carbons (Fsp3) is 0.500. The average molecular weight is 353 g/mol. The molecule has 25 heavy (non-hydrogen) atoms. The molecule has 2 aromatic rings. The zero-order valence-corrected chi connectivity index (χ0v) is 14.1. The van der Waals surface area contributed by atoms with Crippen molar-refractivity contribution in [2.45, 2.75) is 45.1 Å². The van der Waals surface area contributed by atoms with Crippen molar-refractivity contribution in [3.05, 3.63) is 36.0 Å². The van der Waals surface area contributed by atoms with Crippen molar-refractivity contribution >= 4 is 16.8 Å². The molecular formula is C18H22F3N3O. The zero-order chi connectivity index (χ0) is 18.0. The van der Waals surface area contributed by atoms with E-state index in [1.54, 1.807) is 19.1 Å². The highest BCUT2D eigenvalue weighted by Gasteiger charge is 2.28. The van der Waals surface area contributed by atoms with Gasteiger partial charge in [-0.15, -0.1) is 0 Å². The summed E-state index contributed by atoms with van der Waals surface area (Å²) in [4.78, 5) is 13.2. The van der Waals surface area contributed by atoms with E-state index in [-0.39, 0.29) is 5.91 Å². The van der Waals surface area contributed by atoms with Crippen molar-refractivity contribution in [1.82, 2.24) is 14.8 Å². The normalized spacial score (nSPS) is 16.6. The van der Waals surface area contributed by atoms with Crippen molar-refractivity contribution < 1.29 is 18.0 Å². The number of likely N-dealkylation sites (tertiary alicyclic amines) is 1. The average Bonchev–Trinajstić information content (AvgIpc) is 2.94. The Morgan fingerprint density at radius 3 is 2.60 bits per heavy atom. The van der Waals surface area contributed by atoms with Crippen molar-refractivity contribution in [3.8, 4) is 0 Å². The number of aromatic nitrogens is 1. The number of halogens is 3. The van der Waals surface area contributed by atoms with Crippen LogP contribution < -0.4 is 5.32 Å². The van der Waals surface area contributed by atoms with Gasteiger partial charge in [0.15, 0.2) is 0 Å². The molecule has 1 fully saturated rings. The quantitative estimate of drug-likeness (QED) is 0.916. The lowest BCUT2D eigenvalue weighted by atomic mass is 10.0. The molecular weight excluding hydrogens is 331 g/mol. The molecule has 136 valence electrons. The van der Waals surface area contributed by atoms with Gasteiger partial charge in [-0.1, -0.05) is 6.07 Å². The number of alkyl halides is 3. The van der Waals surface area contributed by atoms with Crippen molar-refractivity contribution in [3.63, 3.8) is 0 Å². The fourth-order valence-electron chi connectivity index (χ4n) is 3.35. The smallest absolute Gasteiger partial charge is 0.343 e. The molecule has 1 aromatic carbocycles. The summed E-state index contributed by atoms with van der Waals surface area (Å²) in [5.74, 6) is 0.118. The number of hydrogen-bond donors (Lipinski definition) is 1. The van der Waals surface area contributed by atoms with Crippen LogP contribution in [0.3, 0.4) is 0 Å². The van der Waals surface area contributed by atoms with E-state index in [0.29, 0.717) is 18.1 Å². The largest absolute Gasteiger partial charge is 0.406 e. The van der Waals surface area contributed by atoms with Gasteiger partial charge in [0.25, 0.3) is 0 Å². The van der Waals surface area contributed by atoms with Crippen LogP contribution in [0.25, 0.3) is 10.9 Å². The Morgan fingerprint density at radius 2 is 1.96 bits per heavy atom. The van der Waals surface area contributed by atoms with E-state index >= 15 is 0 Å². The lowest BCUT2D eigenvalue weighted by molar-refractivity contribution is -0.139. The number of benzene rings is 1. The van der Waals surface area contributed by atoms with Crippen LogP contribution in [0.1, 0.15) is 25.3 Å². The molecule has 0 saturated carbocycles. The molecule has 1 aliphatic heterocycles. The van der Waals surface area contributed by atoms with Crippen LogP contribution in [0, 0.1) is 0 Å². The molecule has 0 unspecified atom stereocenters. The molecule has 0 radical (unpaired) electrons. The van der Waals surface area contributed by atoms with Crippen molar-refractivity contribution in [2.75, 3.05) is 13.1 Å². The number of nitrogens with one attached hydrogen (secondary N) is 1. The second-order valence-electron chi connectivity index (χ2n) is 6.61. The monoisotopic (exact) mass is 353 g/mol. The highest BCUT2D eigenvalue weighted by atomic mass is 19.4. The first kappa shape index (κ1) is 17.8. The molecule has 3 rings (SSSR count). The van der Waals surface area contributed by atoms with E-state index in [9.17, 15) is 18.0 Å². The number of fused-ring (bicyclic) bond motifs is 1. The molecule has 1 aliphatic rings. The Balaban J connectivity index is 1.59. The SMILES string of the molecule is CC(=O)N1CCC(NCc2ccc3c(ccn3CC(F)(F)F)c2)CC1. The number of amides is 1. The highest BCUT2D eigenvalue weighted by molar-refractivity contribution is 5.80.